The second kappa shape index (κ2) is 8.53. The summed E-state index contributed by atoms with van der Waals surface area (Å²) in [5.74, 6) is -4.77. The van der Waals surface area contributed by atoms with Crippen LogP contribution < -0.4 is 4.74 Å². The lowest BCUT2D eigenvalue weighted by Crippen LogP contribution is -2.38. The van der Waals surface area contributed by atoms with Gasteiger partial charge in [0.1, 0.15) is 5.75 Å². The third-order valence-electron chi connectivity index (χ3n) is 3.64. The minimum atomic E-state index is -5.20. The lowest BCUT2D eigenvalue weighted by atomic mass is 10.1. The van der Waals surface area contributed by atoms with Crippen molar-refractivity contribution in [1.82, 2.24) is 9.80 Å². The number of carbonyl (C=O) groups excluding carboxylic acids is 2. The van der Waals surface area contributed by atoms with Crippen molar-refractivity contribution in [2.45, 2.75) is 25.4 Å². The van der Waals surface area contributed by atoms with Crippen LogP contribution in [0.25, 0.3) is 0 Å². The van der Waals surface area contributed by atoms with E-state index in [4.69, 9.17) is 4.74 Å². The fourth-order valence-corrected chi connectivity index (χ4v) is 2.43. The summed E-state index contributed by atoms with van der Waals surface area (Å²) in [4.78, 5) is 33.2. The summed E-state index contributed by atoms with van der Waals surface area (Å²) >= 11 is 0. The number of hydrogen-bond donors (Lipinski definition) is 0. The molecule has 0 atom stereocenters. The number of amides is 2. The largest absolute Gasteiger partial charge is 0.496 e. The highest BCUT2D eigenvalue weighted by atomic mass is 19.4. The fraction of sp³-hybridized carbons (Fsp3) is 0.467. The molecule has 1 aromatic rings. The number of rotatable bonds is 6. The molecule has 162 valence electrons. The molecule has 2 amide bonds. The van der Waals surface area contributed by atoms with Crippen molar-refractivity contribution in [2.75, 3.05) is 21.2 Å². The maximum Gasteiger partial charge on any atom is 0.471 e. The number of hydrogen-bond acceptors (Lipinski definition) is 5. The predicted octanol–water partition coefficient (Wildman–Crippen LogP) is 2.64. The Bertz CT molecular complexity index is 754. The van der Waals surface area contributed by atoms with Crippen LogP contribution in [0, 0.1) is 10.1 Å². The van der Waals surface area contributed by atoms with Crippen molar-refractivity contribution >= 4 is 17.5 Å². The van der Waals surface area contributed by atoms with E-state index in [1.165, 1.54) is 0 Å². The van der Waals surface area contributed by atoms with Crippen LogP contribution in [0.15, 0.2) is 12.1 Å². The van der Waals surface area contributed by atoms with E-state index >= 15 is 0 Å². The van der Waals surface area contributed by atoms with Crippen LogP contribution in [-0.4, -0.2) is 60.1 Å². The van der Waals surface area contributed by atoms with Gasteiger partial charge in [0.2, 0.25) is 0 Å². The molecule has 0 saturated carbocycles. The van der Waals surface area contributed by atoms with Gasteiger partial charge in [-0.05, 0) is 0 Å². The monoisotopic (exact) mass is 431 g/mol. The smallest absolute Gasteiger partial charge is 0.471 e. The van der Waals surface area contributed by atoms with Crippen LogP contribution >= 0.6 is 0 Å². The molecule has 14 heteroatoms. The first-order valence-corrected chi connectivity index (χ1v) is 7.58. The van der Waals surface area contributed by atoms with Gasteiger partial charge in [-0.15, -0.1) is 0 Å². The zero-order chi connectivity index (χ0) is 22.7. The molecule has 8 nitrogen and oxygen atoms in total. The van der Waals surface area contributed by atoms with Crippen molar-refractivity contribution in [2.24, 2.45) is 0 Å². The van der Waals surface area contributed by atoms with Gasteiger partial charge in [0.05, 0.1) is 12.0 Å². The average Bonchev–Trinajstić information content (AvgIpc) is 2.58. The Balaban J connectivity index is 3.39. The van der Waals surface area contributed by atoms with Crippen molar-refractivity contribution in [1.29, 1.82) is 0 Å². The number of ether oxygens (including phenoxy) is 1. The topological polar surface area (TPSA) is 93.0 Å². The van der Waals surface area contributed by atoms with E-state index in [0.29, 0.717) is 0 Å². The summed E-state index contributed by atoms with van der Waals surface area (Å²) in [6.07, 6.45) is -10.4. The second-order valence-electron chi connectivity index (χ2n) is 5.87. The normalized spacial score (nSPS) is 11.8. The highest BCUT2D eigenvalue weighted by Gasteiger charge is 2.42. The summed E-state index contributed by atoms with van der Waals surface area (Å²) in [5, 5.41) is 11.1. The molecule has 0 aliphatic rings. The second-order valence-corrected chi connectivity index (χ2v) is 5.87. The van der Waals surface area contributed by atoms with Crippen molar-refractivity contribution in [3.05, 3.63) is 33.4 Å². The molecule has 1 rings (SSSR count). The zero-order valence-corrected chi connectivity index (χ0v) is 15.2. The Morgan fingerprint density at radius 1 is 0.966 bits per heavy atom. The number of alkyl halides is 6. The van der Waals surface area contributed by atoms with Gasteiger partial charge in [-0.2, -0.15) is 26.3 Å². The molecule has 0 aliphatic heterocycles. The first-order valence-electron chi connectivity index (χ1n) is 7.58. The first-order chi connectivity index (χ1) is 13.1. The standard InChI is InChI=1S/C15H15F6N3O5/c1-22(12(25)14(16,17)18)6-8-4-10(24(27)28)5-9(11(8)29-3)7-23(2)13(26)15(19,20)21/h4-5H,6-7H2,1-3H3. The number of nitro groups is 1. The first kappa shape index (κ1) is 24.0. The predicted molar refractivity (Wildman–Crippen MR) is 84.7 cm³/mol. The molecule has 0 fully saturated rings. The molecule has 0 aliphatic carbocycles. The highest BCUT2D eigenvalue weighted by Crippen LogP contribution is 2.32. The van der Waals surface area contributed by atoms with Gasteiger partial charge in [0.15, 0.2) is 0 Å². The molecule has 0 spiro atoms. The molecule has 1 aromatic carbocycles. The van der Waals surface area contributed by atoms with E-state index in [1.807, 2.05) is 0 Å². The molecule has 0 unspecified atom stereocenters. The number of non-ortho nitro benzene ring substituents is 1. The Morgan fingerprint density at radius 2 is 1.31 bits per heavy atom. The molecule has 0 radical (unpaired) electrons. The number of benzene rings is 1. The fourth-order valence-electron chi connectivity index (χ4n) is 2.43. The molecule has 29 heavy (non-hydrogen) atoms. The Labute approximate surface area is 159 Å². The lowest BCUT2D eigenvalue weighted by Gasteiger charge is -2.23. The number of nitro benzene ring substituents is 1. The summed E-state index contributed by atoms with van der Waals surface area (Å²) in [6, 6.07) is 1.65. The summed E-state index contributed by atoms with van der Waals surface area (Å²) < 4.78 is 80.4. The van der Waals surface area contributed by atoms with Crippen LogP contribution in [0.3, 0.4) is 0 Å². The van der Waals surface area contributed by atoms with Gasteiger partial charge in [0, 0.05) is 50.4 Å². The van der Waals surface area contributed by atoms with Gasteiger partial charge in [-0.1, -0.05) is 0 Å². The van der Waals surface area contributed by atoms with Crippen LogP contribution in [0.2, 0.25) is 0 Å². The van der Waals surface area contributed by atoms with Crippen LogP contribution in [0.5, 0.6) is 5.75 Å². The highest BCUT2D eigenvalue weighted by molar-refractivity contribution is 5.82. The maximum atomic E-state index is 12.6. The molecule has 0 bridgehead atoms. The number of nitrogens with zero attached hydrogens (tertiary/aromatic N) is 3. The van der Waals surface area contributed by atoms with Gasteiger partial charge < -0.3 is 14.5 Å². The SMILES string of the molecule is COc1c(CN(C)C(=O)C(F)(F)F)cc([N+](=O)[O-])cc1CN(C)C(=O)C(F)(F)F. The number of halogens is 6. The van der Waals surface area contributed by atoms with Crippen LogP contribution in [0.4, 0.5) is 32.0 Å². The molecular formula is C15H15F6N3O5. The maximum absolute atomic E-state index is 12.6. The summed E-state index contributed by atoms with van der Waals surface area (Å²) in [6.45, 7) is -1.57. The molecule has 0 N–H and O–H groups in total. The van der Waals surface area contributed by atoms with Crippen LogP contribution in [-0.2, 0) is 22.7 Å². The lowest BCUT2D eigenvalue weighted by molar-refractivity contribution is -0.385. The van der Waals surface area contributed by atoms with Crippen LogP contribution in [0.1, 0.15) is 11.1 Å². The molecular weight excluding hydrogens is 416 g/mol. The third-order valence-corrected chi connectivity index (χ3v) is 3.64. The van der Waals surface area contributed by atoms with E-state index in [0.717, 1.165) is 33.3 Å². The zero-order valence-electron chi connectivity index (χ0n) is 15.2. The minimum absolute atomic E-state index is 0.218. The van der Waals surface area contributed by atoms with Gasteiger partial charge in [0.25, 0.3) is 5.69 Å². The summed E-state index contributed by atoms with van der Waals surface area (Å²) in [5.41, 5.74) is -1.19. The van der Waals surface area contributed by atoms with Gasteiger partial charge in [-0.25, -0.2) is 0 Å². The summed E-state index contributed by atoms with van der Waals surface area (Å²) in [7, 11) is 2.60. The number of methoxy groups -OCH3 is 1. The quantitative estimate of drug-likeness (QED) is 0.392. The Kier molecular flexibility index (Phi) is 7.05. The van der Waals surface area contributed by atoms with Crippen molar-refractivity contribution in [3.63, 3.8) is 0 Å². The van der Waals surface area contributed by atoms with E-state index in [2.05, 4.69) is 0 Å². The van der Waals surface area contributed by atoms with E-state index in [9.17, 15) is 46.0 Å². The molecule has 0 aromatic heterocycles. The Morgan fingerprint density at radius 3 is 1.55 bits per heavy atom. The minimum Gasteiger partial charge on any atom is -0.496 e. The van der Waals surface area contributed by atoms with E-state index in [1.54, 1.807) is 0 Å². The van der Waals surface area contributed by atoms with E-state index in [-0.39, 0.29) is 26.7 Å². The average molecular weight is 431 g/mol. The third kappa shape index (κ3) is 5.96. The van der Waals surface area contributed by atoms with Crippen molar-refractivity contribution < 1.29 is 45.6 Å². The van der Waals surface area contributed by atoms with Gasteiger partial charge >= 0.3 is 24.2 Å². The number of carbonyl (C=O) groups is 2. The van der Waals surface area contributed by atoms with Gasteiger partial charge in [-0.3, -0.25) is 19.7 Å². The Hall–Kier alpha value is -3.06. The molecule has 0 heterocycles. The van der Waals surface area contributed by atoms with Crippen molar-refractivity contribution in [3.8, 4) is 5.75 Å². The molecule has 0 saturated heterocycles. The van der Waals surface area contributed by atoms with E-state index < -0.39 is 47.9 Å².